The molecule has 2 amide bonds. The minimum absolute atomic E-state index is 0.0235. The van der Waals surface area contributed by atoms with Gasteiger partial charge >= 0.3 is 5.51 Å². The van der Waals surface area contributed by atoms with Crippen molar-refractivity contribution in [3.05, 3.63) is 95.3 Å². The van der Waals surface area contributed by atoms with Crippen molar-refractivity contribution in [3.63, 3.8) is 0 Å². The van der Waals surface area contributed by atoms with Crippen LogP contribution >= 0.6 is 0 Å². The third-order valence-corrected chi connectivity index (χ3v) is 9.40. The van der Waals surface area contributed by atoms with Crippen LogP contribution < -0.4 is 20.1 Å². The average molecular weight is 633 g/mol. The molecule has 8 nitrogen and oxygen atoms in total. The van der Waals surface area contributed by atoms with Crippen molar-refractivity contribution < 1.29 is 45.0 Å². The molecule has 1 saturated carbocycles. The van der Waals surface area contributed by atoms with Gasteiger partial charge in [-0.1, -0.05) is 42.5 Å². The van der Waals surface area contributed by atoms with Crippen LogP contribution in [0.4, 0.5) is 23.2 Å². The van der Waals surface area contributed by atoms with Crippen LogP contribution in [-0.4, -0.2) is 38.9 Å². The van der Waals surface area contributed by atoms with Crippen molar-refractivity contribution in [1.82, 2.24) is 5.32 Å². The van der Waals surface area contributed by atoms with Crippen LogP contribution in [0.5, 0.6) is 11.5 Å². The summed E-state index contributed by atoms with van der Waals surface area (Å²) in [6.07, 6.45) is 4.24. The zero-order valence-electron chi connectivity index (χ0n) is 23.5. The van der Waals surface area contributed by atoms with Crippen molar-refractivity contribution in [2.24, 2.45) is 17.8 Å². The summed E-state index contributed by atoms with van der Waals surface area (Å²) in [5.41, 5.74) is -3.90. The van der Waals surface area contributed by atoms with Crippen molar-refractivity contribution >= 4 is 27.3 Å². The molecular formula is C31H28F4N2O6S. The second-order valence-corrected chi connectivity index (χ2v) is 12.6. The minimum Gasteiger partial charge on any atom is -0.496 e. The lowest BCUT2D eigenvalue weighted by molar-refractivity contribution is -0.121. The Kier molecular flexibility index (Phi) is 8.43. The predicted molar refractivity (Wildman–Crippen MR) is 152 cm³/mol. The van der Waals surface area contributed by atoms with Gasteiger partial charge in [0.25, 0.3) is 15.7 Å². The number of allylic oxidation sites excluding steroid dienone is 1. The molecule has 3 aromatic carbocycles. The third kappa shape index (κ3) is 6.01. The van der Waals surface area contributed by atoms with E-state index in [1.807, 2.05) is 43.3 Å². The van der Waals surface area contributed by atoms with Gasteiger partial charge in [0.2, 0.25) is 5.91 Å². The van der Waals surface area contributed by atoms with E-state index in [9.17, 15) is 35.6 Å². The van der Waals surface area contributed by atoms with E-state index < -0.39 is 49.8 Å². The van der Waals surface area contributed by atoms with Crippen molar-refractivity contribution in [2.75, 3.05) is 12.4 Å². The van der Waals surface area contributed by atoms with Gasteiger partial charge in [-0.3, -0.25) is 9.59 Å². The summed E-state index contributed by atoms with van der Waals surface area (Å²) in [4.78, 5) is 25.9. The number of carbonyl (C=O) groups is 2. The van der Waals surface area contributed by atoms with Gasteiger partial charge in [-0.05, 0) is 60.6 Å². The number of carbonyl (C=O) groups excluding carboxylic acids is 2. The Hall–Kier alpha value is -4.39. The molecular weight excluding hydrogens is 604 g/mol. The zero-order chi connectivity index (χ0) is 31.8. The zero-order valence-corrected chi connectivity index (χ0v) is 24.3. The first kappa shape index (κ1) is 31.0. The number of aryl methyl sites for hydroxylation is 1. The summed E-state index contributed by atoms with van der Waals surface area (Å²) in [6, 6.07) is 12.8. The van der Waals surface area contributed by atoms with Crippen molar-refractivity contribution in [3.8, 4) is 11.5 Å². The summed E-state index contributed by atoms with van der Waals surface area (Å²) < 4.78 is 88.6. The molecule has 5 rings (SSSR count). The first-order chi connectivity index (χ1) is 20.8. The maximum Gasteiger partial charge on any atom is 0.501 e. The standard InChI is InChI=1S/C31H28F4N2O6S/c1-17-6-3-4-7-20(17)16-43-26-14-23(25(42-2)15-24(26)32)29(38)37-28-19-11-10-18(12-19)27(28)30(39)36-21-8-5-9-22(13-21)44(40,41)31(33,34)35/h3-11,13-15,18-19,27-28H,12,16H2,1-2H3,(H,36,39)(H,37,38)/t18-,19+,27+,28-/m1/s1. The number of halogens is 4. The van der Waals surface area contributed by atoms with E-state index in [0.29, 0.717) is 6.42 Å². The van der Waals surface area contributed by atoms with E-state index in [4.69, 9.17) is 9.47 Å². The number of ether oxygens (including phenoxy) is 2. The summed E-state index contributed by atoms with van der Waals surface area (Å²) >= 11 is 0. The van der Waals surface area contributed by atoms with Gasteiger partial charge in [0.1, 0.15) is 12.4 Å². The molecule has 2 aliphatic carbocycles. The van der Waals surface area contributed by atoms with Crippen LogP contribution in [0, 0.1) is 30.5 Å². The van der Waals surface area contributed by atoms with Gasteiger partial charge in [0.15, 0.2) is 11.6 Å². The molecule has 4 atom stereocenters. The third-order valence-electron chi connectivity index (χ3n) is 7.92. The van der Waals surface area contributed by atoms with Crippen LogP contribution in [0.2, 0.25) is 0 Å². The maximum absolute atomic E-state index is 14.9. The van der Waals surface area contributed by atoms with Crippen molar-refractivity contribution in [1.29, 1.82) is 0 Å². The fourth-order valence-electron chi connectivity index (χ4n) is 5.63. The van der Waals surface area contributed by atoms with Crippen LogP contribution in [0.3, 0.4) is 0 Å². The number of methoxy groups -OCH3 is 1. The highest BCUT2D eigenvalue weighted by molar-refractivity contribution is 7.92. The number of hydrogen-bond donors (Lipinski definition) is 2. The number of anilines is 1. The van der Waals surface area contributed by atoms with E-state index in [2.05, 4.69) is 10.6 Å². The summed E-state index contributed by atoms with van der Waals surface area (Å²) in [6.45, 7) is 1.95. The van der Waals surface area contributed by atoms with Gasteiger partial charge in [0, 0.05) is 17.8 Å². The molecule has 0 saturated heterocycles. The minimum atomic E-state index is -5.62. The molecule has 0 unspecified atom stereocenters. The predicted octanol–water partition coefficient (Wildman–Crippen LogP) is 5.57. The Labute approximate surface area is 251 Å². The molecule has 0 heterocycles. The normalized spacial score (nSPS) is 20.8. The fraction of sp³-hybridized carbons (Fsp3) is 0.290. The number of alkyl halides is 3. The number of fused-ring (bicyclic) bond motifs is 2. The molecule has 0 aliphatic heterocycles. The highest BCUT2D eigenvalue weighted by Crippen LogP contribution is 2.45. The number of hydrogen-bond acceptors (Lipinski definition) is 6. The van der Waals surface area contributed by atoms with E-state index in [-0.39, 0.29) is 41.2 Å². The monoisotopic (exact) mass is 632 g/mol. The Morgan fingerprint density at radius 2 is 1.70 bits per heavy atom. The topological polar surface area (TPSA) is 111 Å². The SMILES string of the molecule is COc1cc(F)c(OCc2ccccc2C)cc1C(=O)N[C@H]1[C@@H](C(=O)Nc2cccc(S(=O)(=O)C(F)(F)F)c2)[C@@H]2C=C[C@H]1C2. The highest BCUT2D eigenvalue weighted by Gasteiger charge is 2.49. The second-order valence-electron chi connectivity index (χ2n) is 10.6. The lowest BCUT2D eigenvalue weighted by Crippen LogP contribution is -2.47. The van der Waals surface area contributed by atoms with E-state index in [1.54, 1.807) is 0 Å². The highest BCUT2D eigenvalue weighted by atomic mass is 32.2. The quantitative estimate of drug-likeness (QED) is 0.236. The van der Waals surface area contributed by atoms with E-state index >= 15 is 0 Å². The molecule has 0 aromatic heterocycles. The fourth-order valence-corrected chi connectivity index (χ4v) is 6.43. The molecule has 1 fully saturated rings. The molecule has 0 radical (unpaired) electrons. The molecule has 2 aliphatic rings. The second kappa shape index (κ2) is 11.9. The summed E-state index contributed by atoms with van der Waals surface area (Å²) in [5.74, 6) is -3.54. The number of rotatable bonds is 9. The molecule has 2 bridgehead atoms. The average Bonchev–Trinajstić information content (AvgIpc) is 3.58. The van der Waals surface area contributed by atoms with E-state index in [0.717, 1.165) is 35.4 Å². The number of amides is 2. The van der Waals surface area contributed by atoms with Crippen LogP contribution in [-0.2, 0) is 21.2 Å². The first-order valence-electron chi connectivity index (χ1n) is 13.6. The molecule has 0 spiro atoms. The van der Waals surface area contributed by atoms with Crippen LogP contribution in [0.15, 0.2) is 77.7 Å². The van der Waals surface area contributed by atoms with Gasteiger partial charge in [-0.2, -0.15) is 13.2 Å². The largest absolute Gasteiger partial charge is 0.501 e. The maximum atomic E-state index is 14.9. The molecule has 44 heavy (non-hydrogen) atoms. The molecule has 13 heteroatoms. The van der Waals surface area contributed by atoms with Crippen LogP contribution in [0.25, 0.3) is 0 Å². The van der Waals surface area contributed by atoms with E-state index in [1.165, 1.54) is 19.2 Å². The van der Waals surface area contributed by atoms with Gasteiger partial charge in [-0.15, -0.1) is 0 Å². The number of sulfone groups is 1. The van der Waals surface area contributed by atoms with Crippen molar-refractivity contribution in [2.45, 2.75) is 36.4 Å². The van der Waals surface area contributed by atoms with Gasteiger partial charge in [-0.25, -0.2) is 12.8 Å². The summed E-state index contributed by atoms with van der Waals surface area (Å²) in [7, 11) is -4.34. The Morgan fingerprint density at radius 3 is 2.41 bits per heavy atom. The first-order valence-corrected chi connectivity index (χ1v) is 15.0. The molecule has 232 valence electrons. The van der Waals surface area contributed by atoms with Gasteiger partial charge < -0.3 is 20.1 Å². The Balaban J connectivity index is 1.35. The smallest absolute Gasteiger partial charge is 0.496 e. The lowest BCUT2D eigenvalue weighted by Gasteiger charge is -2.28. The van der Waals surface area contributed by atoms with Crippen LogP contribution in [0.1, 0.15) is 27.9 Å². The molecule has 2 N–H and O–H groups in total. The number of nitrogens with one attached hydrogen (secondary N) is 2. The summed E-state index contributed by atoms with van der Waals surface area (Å²) in [5, 5.41) is 5.35. The Bertz CT molecular complexity index is 1740. The van der Waals surface area contributed by atoms with Gasteiger partial charge in [0.05, 0.1) is 23.5 Å². The lowest BCUT2D eigenvalue weighted by atomic mass is 9.87. The Morgan fingerprint density at radius 1 is 0.977 bits per heavy atom. The number of benzene rings is 3. The molecule has 3 aromatic rings.